The maximum absolute atomic E-state index is 9.79. The highest BCUT2D eigenvalue weighted by atomic mass is 15.2. The maximum Gasteiger partial charge on any atom is 0.252 e. The fourth-order valence-corrected chi connectivity index (χ4v) is 17.1. The Bertz CT molecular complexity index is 6430. The Morgan fingerprint density at radius 3 is 1.21 bits per heavy atom. The predicted molar refractivity (Wildman–Crippen MR) is 470 cm³/mol. The molecule has 0 saturated heterocycles. The Hall–Kier alpha value is -11.7. The maximum atomic E-state index is 9.79. The van der Waals surface area contributed by atoms with Crippen molar-refractivity contribution in [1.29, 1.82) is 0 Å². The number of hydrogen-bond donors (Lipinski definition) is 0. The van der Waals surface area contributed by atoms with Crippen molar-refractivity contribution < 1.29 is 6.85 Å². The number of anilines is 6. The summed E-state index contributed by atoms with van der Waals surface area (Å²) in [7, 11) is 0. The van der Waals surface area contributed by atoms with E-state index in [1.165, 1.54) is 38.6 Å². The Morgan fingerprint density at radius 2 is 0.688 bits per heavy atom. The monoisotopic (exact) mass is 1420 g/mol. The molecule has 109 heavy (non-hydrogen) atoms. The molecule has 5 heteroatoms. The van der Waals surface area contributed by atoms with E-state index in [1.54, 1.807) is 0 Å². The van der Waals surface area contributed by atoms with Crippen LogP contribution in [-0.4, -0.2) is 15.8 Å². The van der Waals surface area contributed by atoms with E-state index in [0.29, 0.717) is 5.56 Å². The molecule has 0 saturated carbocycles. The number of benzene rings is 14. The molecule has 16 aromatic rings. The van der Waals surface area contributed by atoms with Crippen LogP contribution in [0, 0.1) is 0 Å². The summed E-state index contributed by atoms with van der Waals surface area (Å²) in [6, 6.07) is 100. The van der Waals surface area contributed by atoms with Crippen LogP contribution in [-0.2, 0) is 27.1 Å². The zero-order valence-corrected chi connectivity index (χ0v) is 65.3. The molecule has 0 bridgehead atoms. The number of nitrogens with zero attached hydrogens (tertiary/aromatic N) is 4. The molecule has 4 heterocycles. The van der Waals surface area contributed by atoms with Crippen LogP contribution in [0.2, 0.25) is 0 Å². The predicted octanol–water partition coefficient (Wildman–Crippen LogP) is 26.8. The van der Waals surface area contributed by atoms with Gasteiger partial charge in [0.1, 0.15) is 0 Å². The SMILES string of the molecule is [2H]c1c([2H])c([2H])c(-c2ccc3c(c2)N(c2cc(-c4ccccc4)cc4c2c2ccccc2n4-c2ccccc2)c2cc(-n4c5ccc(C(C)(C)C)cc5c5cc(C(C)(C)C)ccc54)cc4c2B3c2ccc(-c3cc(C(C)(C)C)cc(C(C)(C)C)c3)cc2N4c2c(-c3ccccc3)cc(C(C)(C)C)cc2-c2ccccc2)c([2H])c1[2H]. The first-order chi connectivity index (χ1) is 54.3. The summed E-state index contributed by atoms with van der Waals surface area (Å²) < 4.78 is 52.0. The third kappa shape index (κ3) is 11.8. The van der Waals surface area contributed by atoms with Gasteiger partial charge in [0.15, 0.2) is 0 Å². The van der Waals surface area contributed by atoms with Gasteiger partial charge in [-0.2, -0.15) is 0 Å². The molecule has 2 aliphatic heterocycles. The highest BCUT2D eigenvalue weighted by molar-refractivity contribution is 7.00. The van der Waals surface area contributed by atoms with Crippen molar-refractivity contribution in [3.8, 4) is 67.0 Å². The Balaban J connectivity index is 1.09. The first-order valence-electron chi connectivity index (χ1n) is 41.2. The van der Waals surface area contributed by atoms with Crippen LogP contribution in [0.4, 0.5) is 34.1 Å². The van der Waals surface area contributed by atoms with Crippen LogP contribution in [0.3, 0.4) is 0 Å². The van der Waals surface area contributed by atoms with Gasteiger partial charge in [-0.05, 0) is 207 Å². The zero-order valence-electron chi connectivity index (χ0n) is 70.3. The zero-order chi connectivity index (χ0) is 79.7. The third-order valence-corrected chi connectivity index (χ3v) is 23.1. The number of aromatic nitrogens is 2. The van der Waals surface area contributed by atoms with E-state index in [9.17, 15) is 5.48 Å². The van der Waals surface area contributed by atoms with Crippen molar-refractivity contribution in [2.45, 2.75) is 131 Å². The molecule has 14 aromatic carbocycles. The van der Waals surface area contributed by atoms with Gasteiger partial charge in [-0.25, -0.2) is 0 Å². The molecule has 4 nitrogen and oxygen atoms in total. The first kappa shape index (κ1) is 63.4. The molecular formula is C104H95BN4. The second-order valence-corrected chi connectivity index (χ2v) is 35.5. The van der Waals surface area contributed by atoms with E-state index in [0.717, 1.165) is 139 Å². The van der Waals surface area contributed by atoms with Gasteiger partial charge in [0.05, 0.1) is 46.0 Å². The molecule has 2 aliphatic rings. The fraction of sp³-hybridized carbons (Fsp3) is 0.192. The van der Waals surface area contributed by atoms with E-state index < -0.39 is 12.8 Å². The fourth-order valence-electron chi connectivity index (χ4n) is 17.1. The molecular weight excluding hydrogens is 1320 g/mol. The van der Waals surface area contributed by atoms with Crippen molar-refractivity contribution in [3.63, 3.8) is 0 Å². The molecule has 0 atom stereocenters. The molecule has 0 N–H and O–H groups in total. The van der Waals surface area contributed by atoms with Gasteiger partial charge >= 0.3 is 0 Å². The summed E-state index contributed by atoms with van der Waals surface area (Å²) in [5.41, 5.74) is 29.5. The minimum Gasteiger partial charge on any atom is -0.311 e. The average Bonchev–Trinajstić information content (AvgIpc) is 0.952. The van der Waals surface area contributed by atoms with Gasteiger partial charge < -0.3 is 18.9 Å². The quantitative estimate of drug-likeness (QED) is 0.134. The Labute approximate surface area is 651 Å². The average molecular weight is 1420 g/mol. The lowest BCUT2D eigenvalue weighted by Gasteiger charge is -2.46. The standard InChI is InChI=1S/C104H95BN4/c1-100(2,3)74-47-51-89-84(60-74)85-61-75(101(4,5)6)48-52-90(85)107(89)80-64-95-98-96(65-80)109(99-82(68-37-25-18-26-38-68)62-78(104(13,14)15)63-83(99)69-39-27-19-28-40-69)92-56-71(72-53-76(102(7,8)9)59-77(54-72)103(10,11)12)46-50-87(92)105(98)86-49-45-70(66-33-21-16-22-34-66)55-91(86)108(95)94-58-73(67-35-23-17-24-36-67)57-93-97(94)81-43-31-32-44-88(81)106(93)79-41-29-20-30-42-79/h16-65H,1-15H3/i16D,21D,22D,33D,34D. The second kappa shape index (κ2) is 25.5. The summed E-state index contributed by atoms with van der Waals surface area (Å²) in [5.74, 6) is 0. The lowest BCUT2D eigenvalue weighted by Crippen LogP contribution is -2.61. The topological polar surface area (TPSA) is 16.3 Å². The van der Waals surface area contributed by atoms with Gasteiger partial charge in [0.25, 0.3) is 6.71 Å². The molecule has 0 radical (unpaired) electrons. The van der Waals surface area contributed by atoms with Crippen LogP contribution < -0.4 is 26.2 Å². The minimum absolute atomic E-state index is 0.134. The van der Waals surface area contributed by atoms with Gasteiger partial charge in [0.2, 0.25) is 0 Å². The third-order valence-electron chi connectivity index (χ3n) is 23.1. The summed E-state index contributed by atoms with van der Waals surface area (Å²) >= 11 is 0. The number of hydrogen-bond acceptors (Lipinski definition) is 2. The first-order valence-corrected chi connectivity index (χ1v) is 38.7. The van der Waals surface area contributed by atoms with Gasteiger partial charge in [-0.3, -0.25) is 0 Å². The Kier molecular flexibility index (Phi) is 14.8. The molecule has 0 unspecified atom stereocenters. The molecule has 0 aliphatic carbocycles. The van der Waals surface area contributed by atoms with Gasteiger partial charge in [-0.1, -0.05) is 316 Å². The highest BCUT2D eigenvalue weighted by Crippen LogP contribution is 2.55. The van der Waals surface area contributed by atoms with Crippen LogP contribution in [0.5, 0.6) is 0 Å². The van der Waals surface area contributed by atoms with E-state index in [2.05, 4.69) is 390 Å². The van der Waals surface area contributed by atoms with Crippen molar-refractivity contribution in [3.05, 3.63) is 331 Å². The van der Waals surface area contributed by atoms with Crippen molar-refractivity contribution >= 4 is 101 Å². The summed E-state index contributed by atoms with van der Waals surface area (Å²) in [5, 5.41) is 4.40. The van der Waals surface area contributed by atoms with Crippen LogP contribution in [0.25, 0.3) is 111 Å². The summed E-state index contributed by atoms with van der Waals surface area (Å²) in [4.78, 5) is 5.17. The number of rotatable bonds is 9. The molecule has 18 rings (SSSR count). The lowest BCUT2D eigenvalue weighted by atomic mass is 9.33. The second-order valence-electron chi connectivity index (χ2n) is 35.5. The summed E-state index contributed by atoms with van der Waals surface area (Å²) in [6.45, 7) is 34.2. The van der Waals surface area contributed by atoms with Gasteiger partial charge in [0, 0.05) is 61.1 Å². The molecule has 0 spiro atoms. The normalized spacial score (nSPS) is 13.9. The number of para-hydroxylation sites is 2. The smallest absolute Gasteiger partial charge is 0.252 e. The van der Waals surface area contributed by atoms with E-state index >= 15 is 0 Å². The summed E-state index contributed by atoms with van der Waals surface area (Å²) in [6.07, 6.45) is 0. The molecule has 2 aromatic heterocycles. The van der Waals surface area contributed by atoms with Crippen LogP contribution in [0.1, 0.15) is 139 Å². The number of fused-ring (bicyclic) bond motifs is 10. The van der Waals surface area contributed by atoms with E-state index in [1.807, 2.05) is 6.07 Å². The minimum atomic E-state index is -0.467. The lowest BCUT2D eigenvalue weighted by molar-refractivity contribution is 0.569. The van der Waals surface area contributed by atoms with E-state index in [-0.39, 0.29) is 56.8 Å². The highest BCUT2D eigenvalue weighted by Gasteiger charge is 2.46. The molecule has 0 fully saturated rings. The van der Waals surface area contributed by atoms with Gasteiger partial charge in [-0.15, -0.1) is 0 Å². The van der Waals surface area contributed by atoms with Crippen molar-refractivity contribution in [1.82, 2.24) is 9.13 Å². The van der Waals surface area contributed by atoms with Crippen molar-refractivity contribution in [2.75, 3.05) is 9.80 Å². The Morgan fingerprint density at radius 1 is 0.266 bits per heavy atom. The molecule has 0 amide bonds. The van der Waals surface area contributed by atoms with Crippen LogP contribution in [0.15, 0.2) is 303 Å². The largest absolute Gasteiger partial charge is 0.311 e. The van der Waals surface area contributed by atoms with Crippen LogP contribution >= 0.6 is 0 Å². The van der Waals surface area contributed by atoms with E-state index in [4.69, 9.17) is 1.37 Å². The molecule has 534 valence electrons. The van der Waals surface area contributed by atoms with Crippen molar-refractivity contribution in [2.24, 2.45) is 0 Å².